The van der Waals surface area contributed by atoms with E-state index in [9.17, 15) is 22.7 Å². The van der Waals surface area contributed by atoms with Crippen molar-refractivity contribution in [2.75, 3.05) is 24.4 Å². The number of ether oxygens (including phenoxy) is 1. The van der Waals surface area contributed by atoms with Crippen molar-refractivity contribution in [3.63, 3.8) is 0 Å². The number of halogens is 5. The van der Waals surface area contributed by atoms with Crippen LogP contribution in [0.3, 0.4) is 0 Å². The zero-order valence-corrected chi connectivity index (χ0v) is 19.0. The first-order valence-electron chi connectivity index (χ1n) is 9.46. The zero-order chi connectivity index (χ0) is 23.7. The summed E-state index contributed by atoms with van der Waals surface area (Å²) in [5.74, 6) is -2.20. The highest BCUT2D eigenvalue weighted by Crippen LogP contribution is 2.47. The zero-order valence-electron chi connectivity index (χ0n) is 17.4. The molecule has 0 spiro atoms. The molecule has 0 aliphatic rings. The van der Waals surface area contributed by atoms with Crippen molar-refractivity contribution < 1.29 is 27.4 Å². The summed E-state index contributed by atoms with van der Waals surface area (Å²) in [6.45, 7) is 1.80. The summed E-state index contributed by atoms with van der Waals surface area (Å²) < 4.78 is 62.4. The molecule has 32 heavy (non-hydrogen) atoms. The van der Waals surface area contributed by atoms with Crippen molar-refractivity contribution in [3.05, 3.63) is 64.6 Å². The molecule has 0 bridgehead atoms. The molecular weight excluding hydrogens is 468 g/mol. The van der Waals surface area contributed by atoms with Gasteiger partial charge in [0, 0.05) is 28.1 Å². The number of nitrogens with one attached hydrogen (secondary N) is 1. The van der Waals surface area contributed by atoms with E-state index < -0.39 is 35.1 Å². The van der Waals surface area contributed by atoms with Crippen molar-refractivity contribution in [2.45, 2.75) is 24.7 Å². The lowest BCUT2D eigenvalue weighted by Crippen LogP contribution is -2.54. The summed E-state index contributed by atoms with van der Waals surface area (Å²) in [5, 5.41) is 14.0. The van der Waals surface area contributed by atoms with E-state index in [-0.39, 0.29) is 10.6 Å². The number of benzene rings is 2. The molecule has 1 aromatic heterocycles. The van der Waals surface area contributed by atoms with Crippen LogP contribution in [-0.2, 0) is 0 Å². The van der Waals surface area contributed by atoms with Crippen LogP contribution in [0.5, 0.6) is 5.75 Å². The van der Waals surface area contributed by atoms with Gasteiger partial charge in [-0.1, -0.05) is 23.7 Å². The monoisotopic (exact) mass is 488 g/mol. The number of thioether (sulfide) groups is 1. The SMILES string of the molecule is COc1c(C(Nc2cccc3nc(C)ccc23)C(O)(CSC)C(F)(F)F)ccc(Cl)c1F. The predicted molar refractivity (Wildman–Crippen MR) is 120 cm³/mol. The van der Waals surface area contributed by atoms with Crippen LogP contribution in [0.25, 0.3) is 10.9 Å². The summed E-state index contributed by atoms with van der Waals surface area (Å²) in [6.07, 6.45) is -3.60. The van der Waals surface area contributed by atoms with Crippen molar-refractivity contribution in [1.82, 2.24) is 4.98 Å². The minimum absolute atomic E-state index is 0.222. The Morgan fingerprint density at radius 1 is 1.19 bits per heavy atom. The van der Waals surface area contributed by atoms with E-state index in [1.807, 2.05) is 0 Å². The third kappa shape index (κ3) is 4.46. The highest BCUT2D eigenvalue weighted by Gasteiger charge is 2.59. The molecule has 10 heteroatoms. The van der Waals surface area contributed by atoms with Crippen LogP contribution < -0.4 is 10.1 Å². The first-order valence-corrected chi connectivity index (χ1v) is 11.2. The maximum atomic E-state index is 14.7. The Labute approximate surface area is 191 Å². The van der Waals surface area contributed by atoms with Gasteiger partial charge < -0.3 is 15.2 Å². The Morgan fingerprint density at radius 2 is 1.91 bits per heavy atom. The molecule has 0 aliphatic carbocycles. The quantitative estimate of drug-likeness (QED) is 0.390. The lowest BCUT2D eigenvalue weighted by Gasteiger charge is -2.39. The van der Waals surface area contributed by atoms with Gasteiger partial charge in [0.2, 0.25) is 0 Å². The second-order valence-corrected chi connectivity index (χ2v) is 8.51. The van der Waals surface area contributed by atoms with Crippen LogP contribution in [0.4, 0.5) is 23.2 Å². The molecule has 2 aromatic carbocycles. The van der Waals surface area contributed by atoms with Gasteiger partial charge in [-0.25, -0.2) is 4.39 Å². The van der Waals surface area contributed by atoms with Gasteiger partial charge in [0.05, 0.1) is 23.7 Å². The molecule has 2 unspecified atom stereocenters. The van der Waals surface area contributed by atoms with Crippen molar-refractivity contribution in [2.24, 2.45) is 0 Å². The van der Waals surface area contributed by atoms with E-state index in [0.29, 0.717) is 16.6 Å². The highest BCUT2D eigenvalue weighted by molar-refractivity contribution is 7.98. The van der Waals surface area contributed by atoms with Gasteiger partial charge in [0.1, 0.15) is 0 Å². The van der Waals surface area contributed by atoms with E-state index >= 15 is 0 Å². The molecule has 172 valence electrons. The lowest BCUT2D eigenvalue weighted by molar-refractivity contribution is -0.256. The van der Waals surface area contributed by atoms with E-state index in [1.165, 1.54) is 12.3 Å². The number of pyridine rings is 1. The molecule has 0 fully saturated rings. The number of anilines is 1. The number of hydrogen-bond acceptors (Lipinski definition) is 5. The predicted octanol–water partition coefficient (Wildman–Crippen LogP) is 6.15. The fourth-order valence-corrected chi connectivity index (χ4v) is 4.44. The summed E-state index contributed by atoms with van der Waals surface area (Å²) in [6, 6.07) is 8.91. The Morgan fingerprint density at radius 3 is 2.53 bits per heavy atom. The Balaban J connectivity index is 2.26. The van der Waals surface area contributed by atoms with Gasteiger partial charge in [-0.15, -0.1) is 0 Å². The van der Waals surface area contributed by atoms with Gasteiger partial charge >= 0.3 is 6.18 Å². The van der Waals surface area contributed by atoms with E-state index in [4.69, 9.17) is 16.3 Å². The van der Waals surface area contributed by atoms with Crippen LogP contribution in [0.15, 0.2) is 42.5 Å². The van der Waals surface area contributed by atoms with Gasteiger partial charge in [-0.05, 0) is 43.5 Å². The Hall–Kier alpha value is -2.23. The lowest BCUT2D eigenvalue weighted by atomic mass is 9.88. The number of nitrogens with zero attached hydrogens (tertiary/aromatic N) is 1. The third-order valence-electron chi connectivity index (χ3n) is 5.10. The van der Waals surface area contributed by atoms with Crippen LogP contribution in [0.2, 0.25) is 5.02 Å². The molecule has 2 atom stereocenters. The van der Waals surface area contributed by atoms with Crippen molar-refractivity contribution in [1.29, 1.82) is 0 Å². The van der Waals surface area contributed by atoms with Crippen LogP contribution in [0.1, 0.15) is 17.3 Å². The molecule has 1 heterocycles. The van der Waals surface area contributed by atoms with Gasteiger partial charge in [0.15, 0.2) is 17.2 Å². The minimum Gasteiger partial charge on any atom is -0.493 e. The fraction of sp³-hybridized carbons (Fsp3) is 0.318. The summed E-state index contributed by atoms with van der Waals surface area (Å²) in [4.78, 5) is 4.39. The molecule has 0 aliphatic heterocycles. The van der Waals surface area contributed by atoms with Gasteiger partial charge in [-0.2, -0.15) is 24.9 Å². The van der Waals surface area contributed by atoms with E-state index in [0.717, 1.165) is 30.6 Å². The maximum absolute atomic E-state index is 14.7. The van der Waals surface area contributed by atoms with Crippen LogP contribution in [-0.4, -0.2) is 41.0 Å². The fourth-order valence-electron chi connectivity index (χ4n) is 3.52. The number of methoxy groups -OCH3 is 1. The molecule has 3 aromatic rings. The topological polar surface area (TPSA) is 54.4 Å². The number of aryl methyl sites for hydroxylation is 1. The second-order valence-electron chi connectivity index (χ2n) is 7.24. The Bertz CT molecular complexity index is 1130. The maximum Gasteiger partial charge on any atom is 0.420 e. The average Bonchev–Trinajstić information content (AvgIpc) is 2.73. The number of alkyl halides is 3. The van der Waals surface area contributed by atoms with Gasteiger partial charge in [0.25, 0.3) is 0 Å². The normalized spacial score (nSPS) is 14.8. The number of rotatable bonds is 7. The molecule has 3 rings (SSSR count). The Kier molecular flexibility index (Phi) is 7.12. The molecule has 0 amide bonds. The molecule has 4 nitrogen and oxygen atoms in total. The van der Waals surface area contributed by atoms with Crippen molar-refractivity contribution in [3.8, 4) is 5.75 Å². The number of fused-ring (bicyclic) bond motifs is 1. The molecule has 0 radical (unpaired) electrons. The first kappa shape index (κ1) is 24.4. The summed E-state index contributed by atoms with van der Waals surface area (Å²) in [5.41, 5.74) is -1.90. The molecule has 0 saturated heterocycles. The van der Waals surface area contributed by atoms with E-state index in [1.54, 1.807) is 37.3 Å². The standard InChI is InChI=1S/C22H21ClF4N2O2S/c1-12-7-8-13-16(28-12)5-4-6-17(13)29-20(21(30,11-32-3)22(25,26)27)14-9-10-15(23)18(24)19(14)31-2/h4-10,20,29-30H,11H2,1-3H3. The first-order chi connectivity index (χ1) is 15.0. The van der Waals surface area contributed by atoms with Crippen LogP contribution >= 0.6 is 23.4 Å². The molecule has 0 saturated carbocycles. The largest absolute Gasteiger partial charge is 0.493 e. The van der Waals surface area contributed by atoms with Crippen LogP contribution in [0, 0.1) is 12.7 Å². The molecule has 2 N–H and O–H groups in total. The molecular formula is C22H21ClF4N2O2S. The summed E-state index contributed by atoms with van der Waals surface area (Å²) in [7, 11) is 1.13. The number of aliphatic hydroxyl groups is 1. The number of aromatic nitrogens is 1. The van der Waals surface area contributed by atoms with E-state index in [2.05, 4.69) is 10.3 Å². The highest BCUT2D eigenvalue weighted by atomic mass is 35.5. The second kappa shape index (κ2) is 9.33. The minimum atomic E-state index is -5.05. The third-order valence-corrected chi connectivity index (χ3v) is 6.12. The van der Waals surface area contributed by atoms with Crippen molar-refractivity contribution >= 4 is 40.0 Å². The van der Waals surface area contributed by atoms with Gasteiger partial charge in [-0.3, -0.25) is 4.98 Å². The summed E-state index contributed by atoms with van der Waals surface area (Å²) >= 11 is 6.63. The smallest absolute Gasteiger partial charge is 0.420 e. The number of hydrogen-bond donors (Lipinski definition) is 2. The average molecular weight is 489 g/mol.